The number of nitrogens with zero attached hydrogens (tertiary/aromatic N) is 2. The molecular formula is C15H22ClIN4O2. The number of carbonyl (C=O) groups is 1. The zero-order chi connectivity index (χ0) is 17.0. The monoisotopic (exact) mass is 452 g/mol. The fourth-order valence-electron chi connectivity index (χ4n) is 2.57. The zero-order valence-corrected chi connectivity index (χ0v) is 16.4. The summed E-state index contributed by atoms with van der Waals surface area (Å²) in [6, 6.07) is 0.342. The molecule has 2 rings (SSSR count). The van der Waals surface area contributed by atoms with Gasteiger partial charge in [0.15, 0.2) is 0 Å². The van der Waals surface area contributed by atoms with Crippen LogP contribution in [0.3, 0.4) is 0 Å². The van der Waals surface area contributed by atoms with Crippen LogP contribution in [0.15, 0.2) is 6.20 Å². The average molecular weight is 453 g/mol. The minimum atomic E-state index is -0.482. The lowest BCUT2D eigenvalue weighted by atomic mass is 9.91. The molecular weight excluding hydrogens is 431 g/mol. The predicted octanol–water partition coefficient (Wildman–Crippen LogP) is 3.98. The molecule has 23 heavy (non-hydrogen) atoms. The highest BCUT2D eigenvalue weighted by atomic mass is 127. The van der Waals surface area contributed by atoms with Gasteiger partial charge in [0.05, 0.1) is 3.57 Å². The lowest BCUT2D eigenvalue weighted by Gasteiger charge is -2.31. The number of hydrogen-bond acceptors (Lipinski definition) is 5. The predicted molar refractivity (Wildman–Crippen MR) is 98.8 cm³/mol. The summed E-state index contributed by atoms with van der Waals surface area (Å²) < 4.78 is 6.24. The van der Waals surface area contributed by atoms with Crippen LogP contribution in [0.4, 0.5) is 10.6 Å². The molecule has 1 aromatic rings. The van der Waals surface area contributed by atoms with Gasteiger partial charge < -0.3 is 15.4 Å². The molecule has 8 heteroatoms. The number of carbonyl (C=O) groups excluding carboxylic acids is 1. The van der Waals surface area contributed by atoms with Crippen molar-refractivity contribution in [2.24, 2.45) is 0 Å². The highest BCUT2D eigenvalue weighted by molar-refractivity contribution is 14.1. The third-order valence-electron chi connectivity index (χ3n) is 3.45. The van der Waals surface area contributed by atoms with Gasteiger partial charge in [-0.2, -0.15) is 4.98 Å². The van der Waals surface area contributed by atoms with Gasteiger partial charge in [0.25, 0.3) is 0 Å². The van der Waals surface area contributed by atoms with Crippen molar-refractivity contribution in [3.05, 3.63) is 15.1 Å². The molecule has 0 saturated heterocycles. The molecule has 0 spiro atoms. The van der Waals surface area contributed by atoms with Crippen LogP contribution in [-0.2, 0) is 4.74 Å². The number of rotatable bonds is 3. The molecule has 6 nitrogen and oxygen atoms in total. The largest absolute Gasteiger partial charge is 0.444 e. The van der Waals surface area contributed by atoms with Crippen molar-refractivity contribution >= 4 is 46.1 Å². The number of hydrogen-bond donors (Lipinski definition) is 2. The molecule has 1 aromatic heterocycles. The van der Waals surface area contributed by atoms with E-state index in [-0.39, 0.29) is 23.5 Å². The molecule has 1 fully saturated rings. The Balaban J connectivity index is 1.90. The first-order valence-corrected chi connectivity index (χ1v) is 9.13. The number of ether oxygens (including phenoxy) is 1. The van der Waals surface area contributed by atoms with Gasteiger partial charge in [0, 0.05) is 18.3 Å². The van der Waals surface area contributed by atoms with Crippen LogP contribution < -0.4 is 10.6 Å². The summed E-state index contributed by atoms with van der Waals surface area (Å²) >= 11 is 8.03. The van der Waals surface area contributed by atoms with Gasteiger partial charge in [-0.15, -0.1) is 0 Å². The van der Waals surface area contributed by atoms with Crippen LogP contribution in [0, 0.1) is 3.57 Å². The molecule has 0 aromatic carbocycles. The molecule has 2 N–H and O–H groups in total. The van der Waals surface area contributed by atoms with Gasteiger partial charge in [-0.05, 0) is 80.6 Å². The number of halogens is 2. The Kier molecular flexibility index (Phi) is 6.30. The molecule has 0 bridgehead atoms. The zero-order valence-electron chi connectivity index (χ0n) is 13.5. The molecule has 2 unspecified atom stereocenters. The maximum atomic E-state index is 11.9. The highest BCUT2D eigenvalue weighted by Crippen LogP contribution is 2.24. The van der Waals surface area contributed by atoms with E-state index in [0.29, 0.717) is 0 Å². The molecule has 2 atom stereocenters. The number of aromatic nitrogens is 2. The standard InChI is InChI=1S/C15H22ClIN4O2/c1-15(2,3)23-14(22)20-10-6-4-5-9(7-10)19-12-11(17)8-18-13(16)21-12/h8-10H,4-7H2,1-3H3,(H,20,22)(H,18,19,21). The summed E-state index contributed by atoms with van der Waals surface area (Å²) in [4.78, 5) is 20.1. The van der Waals surface area contributed by atoms with Crippen molar-refractivity contribution in [1.29, 1.82) is 0 Å². The van der Waals surface area contributed by atoms with Crippen LogP contribution >= 0.6 is 34.2 Å². The van der Waals surface area contributed by atoms with E-state index in [1.807, 2.05) is 20.8 Å². The number of anilines is 1. The summed E-state index contributed by atoms with van der Waals surface area (Å²) in [7, 11) is 0. The van der Waals surface area contributed by atoms with Crippen molar-refractivity contribution < 1.29 is 9.53 Å². The van der Waals surface area contributed by atoms with E-state index < -0.39 is 5.60 Å². The second kappa shape index (κ2) is 7.83. The van der Waals surface area contributed by atoms with E-state index in [0.717, 1.165) is 35.1 Å². The minimum absolute atomic E-state index is 0.103. The van der Waals surface area contributed by atoms with Crippen molar-refractivity contribution in [2.45, 2.75) is 64.1 Å². The molecule has 128 valence electrons. The molecule has 1 amide bonds. The van der Waals surface area contributed by atoms with Crippen molar-refractivity contribution in [3.8, 4) is 0 Å². The summed E-state index contributed by atoms with van der Waals surface area (Å²) in [5, 5.41) is 6.59. The summed E-state index contributed by atoms with van der Waals surface area (Å²) in [5.74, 6) is 0.744. The number of alkyl carbamates (subject to hydrolysis) is 1. The van der Waals surface area contributed by atoms with Crippen molar-refractivity contribution in [2.75, 3.05) is 5.32 Å². The summed E-state index contributed by atoms with van der Waals surface area (Å²) in [6.45, 7) is 5.58. The Morgan fingerprint density at radius 3 is 2.78 bits per heavy atom. The second-order valence-electron chi connectivity index (χ2n) is 6.69. The summed E-state index contributed by atoms with van der Waals surface area (Å²) in [5.41, 5.74) is -0.482. The van der Waals surface area contributed by atoms with Crippen LogP contribution in [0.1, 0.15) is 46.5 Å². The Morgan fingerprint density at radius 1 is 1.39 bits per heavy atom. The van der Waals surface area contributed by atoms with Gasteiger partial charge in [0.2, 0.25) is 5.28 Å². The Hall–Kier alpha value is -0.830. The van der Waals surface area contributed by atoms with E-state index in [4.69, 9.17) is 16.3 Å². The first-order valence-electron chi connectivity index (χ1n) is 7.67. The SMILES string of the molecule is CC(C)(C)OC(=O)NC1CCCC(Nc2nc(Cl)ncc2I)C1. The lowest BCUT2D eigenvalue weighted by Crippen LogP contribution is -2.44. The molecule has 0 aliphatic heterocycles. The topological polar surface area (TPSA) is 76.1 Å². The van der Waals surface area contributed by atoms with E-state index in [1.54, 1.807) is 6.20 Å². The first-order chi connectivity index (χ1) is 10.7. The van der Waals surface area contributed by atoms with Gasteiger partial charge in [-0.1, -0.05) is 0 Å². The average Bonchev–Trinajstić information content (AvgIpc) is 2.41. The quantitative estimate of drug-likeness (QED) is 0.536. The minimum Gasteiger partial charge on any atom is -0.444 e. The number of amides is 1. The fourth-order valence-corrected chi connectivity index (χ4v) is 3.12. The second-order valence-corrected chi connectivity index (χ2v) is 8.19. The van der Waals surface area contributed by atoms with Crippen LogP contribution in [0.5, 0.6) is 0 Å². The van der Waals surface area contributed by atoms with E-state index in [1.165, 1.54) is 0 Å². The molecule has 1 aliphatic rings. The Labute approximate surface area is 155 Å². The lowest BCUT2D eigenvalue weighted by molar-refractivity contribution is 0.0492. The third-order valence-corrected chi connectivity index (χ3v) is 4.42. The molecule has 1 saturated carbocycles. The Bertz CT molecular complexity index is 565. The molecule has 0 radical (unpaired) electrons. The van der Waals surface area contributed by atoms with Crippen LogP contribution in [0.25, 0.3) is 0 Å². The maximum Gasteiger partial charge on any atom is 0.407 e. The van der Waals surface area contributed by atoms with Crippen molar-refractivity contribution in [3.63, 3.8) is 0 Å². The van der Waals surface area contributed by atoms with Crippen molar-refractivity contribution in [1.82, 2.24) is 15.3 Å². The van der Waals surface area contributed by atoms with E-state index >= 15 is 0 Å². The van der Waals surface area contributed by atoms with E-state index in [2.05, 4.69) is 43.2 Å². The van der Waals surface area contributed by atoms with Gasteiger partial charge in [-0.25, -0.2) is 9.78 Å². The Morgan fingerprint density at radius 2 is 2.09 bits per heavy atom. The van der Waals surface area contributed by atoms with E-state index in [9.17, 15) is 4.79 Å². The normalized spacial score (nSPS) is 21.6. The first kappa shape index (κ1) is 18.5. The van der Waals surface area contributed by atoms with Gasteiger partial charge in [-0.3, -0.25) is 0 Å². The fraction of sp³-hybridized carbons (Fsp3) is 0.667. The molecule has 1 aliphatic carbocycles. The van der Waals surface area contributed by atoms with Gasteiger partial charge >= 0.3 is 6.09 Å². The van der Waals surface area contributed by atoms with Crippen LogP contribution in [-0.4, -0.2) is 33.7 Å². The molecule has 1 heterocycles. The summed E-state index contributed by atoms with van der Waals surface area (Å²) in [6.07, 6.45) is 5.19. The smallest absolute Gasteiger partial charge is 0.407 e. The highest BCUT2D eigenvalue weighted by Gasteiger charge is 2.26. The maximum absolute atomic E-state index is 11.9. The van der Waals surface area contributed by atoms with Crippen LogP contribution in [0.2, 0.25) is 5.28 Å². The third kappa shape index (κ3) is 6.29. The number of nitrogens with one attached hydrogen (secondary N) is 2. The van der Waals surface area contributed by atoms with Gasteiger partial charge in [0.1, 0.15) is 11.4 Å².